The highest BCUT2D eigenvalue weighted by Gasteiger charge is 2.41. The highest BCUT2D eigenvalue weighted by atomic mass is 16.1. The van der Waals surface area contributed by atoms with Crippen LogP contribution in [0.4, 0.5) is 5.69 Å². The number of rotatable bonds is 7. The van der Waals surface area contributed by atoms with Crippen LogP contribution in [-0.2, 0) is 27.0 Å². The Bertz CT molecular complexity index is 1010. The summed E-state index contributed by atoms with van der Waals surface area (Å²) in [6.45, 7) is 6.39. The Balaban J connectivity index is 1.51. The molecule has 0 radical (unpaired) electrons. The number of amides is 1. The van der Waals surface area contributed by atoms with Crippen LogP contribution < -0.4 is 10.2 Å². The molecule has 1 heterocycles. The minimum atomic E-state index is -0.854. The maximum Gasteiger partial charge on any atom is 0.221 e. The van der Waals surface area contributed by atoms with E-state index in [-0.39, 0.29) is 17.9 Å². The largest absolute Gasteiger partial charge is 0.371 e. The summed E-state index contributed by atoms with van der Waals surface area (Å²) in [4.78, 5) is 29.3. The summed E-state index contributed by atoms with van der Waals surface area (Å²) in [5, 5.41) is 2.66. The zero-order chi connectivity index (χ0) is 23.6. The van der Waals surface area contributed by atoms with Gasteiger partial charge in [0, 0.05) is 50.9 Å². The van der Waals surface area contributed by atoms with Crippen molar-refractivity contribution in [3.8, 4) is 0 Å². The third-order valence-electron chi connectivity index (χ3n) is 8.15. The topological polar surface area (TPSA) is 52.7 Å². The monoisotopic (exact) mass is 447 g/mol. The molecule has 176 valence electrons. The second-order valence-corrected chi connectivity index (χ2v) is 10.2. The first-order chi connectivity index (χ1) is 15.8. The Labute approximate surface area is 198 Å². The van der Waals surface area contributed by atoms with Crippen LogP contribution in [0.2, 0.25) is 0 Å². The molecule has 2 aromatic carbocycles. The van der Waals surface area contributed by atoms with E-state index in [1.807, 2.05) is 25.1 Å². The van der Waals surface area contributed by atoms with Gasteiger partial charge in [-0.3, -0.25) is 9.69 Å². The fourth-order valence-corrected chi connectivity index (χ4v) is 5.93. The molecule has 5 nitrogen and oxygen atoms in total. The summed E-state index contributed by atoms with van der Waals surface area (Å²) >= 11 is 0. The molecule has 5 heteroatoms. The van der Waals surface area contributed by atoms with E-state index in [9.17, 15) is 9.59 Å². The molecule has 1 aliphatic heterocycles. The molecule has 4 rings (SSSR count). The second-order valence-electron chi connectivity index (χ2n) is 10.2. The van der Waals surface area contributed by atoms with E-state index in [0.29, 0.717) is 6.04 Å². The molecule has 1 unspecified atom stereocenters. The van der Waals surface area contributed by atoms with Gasteiger partial charge >= 0.3 is 0 Å². The fraction of sp³-hybridized carbons (Fsp3) is 0.500. The minimum absolute atomic E-state index is 0.125. The average molecular weight is 448 g/mol. The summed E-state index contributed by atoms with van der Waals surface area (Å²) in [5.74, 6) is -0.125. The lowest BCUT2D eigenvalue weighted by Gasteiger charge is -2.46. The second kappa shape index (κ2) is 9.30. The van der Waals surface area contributed by atoms with E-state index < -0.39 is 5.41 Å². The van der Waals surface area contributed by atoms with E-state index >= 15 is 0 Å². The van der Waals surface area contributed by atoms with Gasteiger partial charge in [-0.2, -0.15) is 0 Å². The first-order valence-corrected chi connectivity index (χ1v) is 12.1. The Kier molecular flexibility index (Phi) is 6.62. The van der Waals surface area contributed by atoms with Gasteiger partial charge in [0.25, 0.3) is 0 Å². The molecule has 33 heavy (non-hydrogen) atoms. The molecule has 0 spiro atoms. The number of piperidine rings is 1. The number of aryl methyl sites for hydroxylation is 1. The van der Waals surface area contributed by atoms with Gasteiger partial charge in [0.2, 0.25) is 5.91 Å². The van der Waals surface area contributed by atoms with Crippen molar-refractivity contribution in [1.29, 1.82) is 0 Å². The van der Waals surface area contributed by atoms with Crippen LogP contribution in [0.3, 0.4) is 0 Å². The highest BCUT2D eigenvalue weighted by molar-refractivity contribution is 5.85. The van der Waals surface area contributed by atoms with Gasteiger partial charge in [-0.25, -0.2) is 0 Å². The quantitative estimate of drug-likeness (QED) is 0.651. The molecule has 1 saturated heterocycles. The molecule has 0 aromatic heterocycles. The number of hydrogen-bond acceptors (Lipinski definition) is 4. The maximum absolute atomic E-state index is 12.2. The van der Waals surface area contributed by atoms with Gasteiger partial charge in [-0.1, -0.05) is 42.5 Å². The van der Waals surface area contributed by atoms with Gasteiger partial charge in [-0.05, 0) is 62.3 Å². The third-order valence-corrected chi connectivity index (χ3v) is 8.15. The van der Waals surface area contributed by atoms with Crippen molar-refractivity contribution in [3.05, 3.63) is 65.2 Å². The Morgan fingerprint density at radius 1 is 1.18 bits per heavy atom. The van der Waals surface area contributed by atoms with Crippen LogP contribution >= 0.6 is 0 Å². The van der Waals surface area contributed by atoms with Crippen molar-refractivity contribution >= 4 is 17.9 Å². The van der Waals surface area contributed by atoms with Crippen LogP contribution in [0, 0.1) is 0 Å². The van der Waals surface area contributed by atoms with E-state index in [1.165, 1.54) is 17.5 Å². The van der Waals surface area contributed by atoms with Gasteiger partial charge in [-0.15, -0.1) is 0 Å². The molecule has 2 aromatic rings. The molecule has 0 bridgehead atoms. The number of nitrogens with one attached hydrogen (secondary N) is 1. The van der Waals surface area contributed by atoms with Crippen molar-refractivity contribution < 1.29 is 9.59 Å². The van der Waals surface area contributed by atoms with Crippen LogP contribution in [-0.4, -0.2) is 50.3 Å². The Morgan fingerprint density at radius 2 is 1.85 bits per heavy atom. The van der Waals surface area contributed by atoms with E-state index in [4.69, 9.17) is 0 Å². The van der Waals surface area contributed by atoms with Gasteiger partial charge in [0.05, 0.1) is 5.41 Å². The fourth-order valence-electron chi connectivity index (χ4n) is 5.93. The molecule has 2 atom stereocenters. The molecule has 2 aliphatic rings. The average Bonchev–Trinajstić information content (AvgIpc) is 3.21. The normalized spacial score (nSPS) is 22.9. The van der Waals surface area contributed by atoms with Gasteiger partial charge in [0.15, 0.2) is 0 Å². The summed E-state index contributed by atoms with van der Waals surface area (Å²) in [7, 11) is 3.75. The van der Waals surface area contributed by atoms with Crippen molar-refractivity contribution in [2.45, 2.75) is 62.9 Å². The highest BCUT2D eigenvalue weighted by Crippen LogP contribution is 2.43. The smallest absolute Gasteiger partial charge is 0.221 e. The zero-order valence-electron chi connectivity index (χ0n) is 20.4. The Morgan fingerprint density at radius 3 is 2.55 bits per heavy atom. The predicted molar refractivity (Wildman–Crippen MR) is 134 cm³/mol. The number of hydrogen-bond donors (Lipinski definition) is 1. The summed E-state index contributed by atoms with van der Waals surface area (Å²) < 4.78 is 0. The first kappa shape index (κ1) is 23.5. The lowest BCUT2D eigenvalue weighted by Crippen LogP contribution is -2.51. The molecule has 1 N–H and O–H groups in total. The van der Waals surface area contributed by atoms with Gasteiger partial charge in [0.1, 0.15) is 6.29 Å². The van der Waals surface area contributed by atoms with E-state index in [1.54, 1.807) is 7.05 Å². The number of aldehydes is 1. The molecule has 1 amide bonds. The zero-order valence-corrected chi connectivity index (χ0v) is 20.4. The standard InChI is InChI=1S/C28H37N3O2/c1-27(20-32,19-26(33)29-3)24-11-7-8-12-25(24)30(4)22-14-17-31(18-15-22)28(2)16-13-21-9-5-6-10-23(21)28/h5-12,20,22H,13-19H2,1-4H3,(H,29,33)/t27?,28-/m0/s1. The number of carbonyl (C=O) groups is 2. The van der Waals surface area contributed by atoms with Crippen LogP contribution in [0.25, 0.3) is 0 Å². The third kappa shape index (κ3) is 4.31. The van der Waals surface area contributed by atoms with Crippen molar-refractivity contribution in [2.75, 3.05) is 32.1 Å². The number of nitrogens with zero attached hydrogens (tertiary/aromatic N) is 2. The number of fused-ring (bicyclic) bond motifs is 1. The lowest BCUT2D eigenvalue weighted by molar-refractivity contribution is -0.124. The number of carbonyl (C=O) groups excluding carboxylic acids is 2. The maximum atomic E-state index is 12.2. The van der Waals surface area contributed by atoms with E-state index in [2.05, 4.69) is 59.4 Å². The predicted octanol–water partition coefficient (Wildman–Crippen LogP) is 4.04. The number of benzene rings is 2. The summed E-state index contributed by atoms with van der Waals surface area (Å²) in [6, 6.07) is 17.4. The van der Waals surface area contributed by atoms with Gasteiger partial charge < -0.3 is 15.0 Å². The number of para-hydroxylation sites is 1. The van der Waals surface area contributed by atoms with Crippen LogP contribution in [0.5, 0.6) is 0 Å². The molecule has 1 aliphatic carbocycles. The SMILES string of the molecule is CNC(=O)CC(C)(C=O)c1ccccc1N(C)C1CCN([C@@]2(C)CCc3ccccc32)CC1. The summed E-state index contributed by atoms with van der Waals surface area (Å²) in [6.07, 6.45) is 5.58. The lowest BCUT2D eigenvalue weighted by atomic mass is 9.79. The molecular formula is C28H37N3O2. The molecule has 1 fully saturated rings. The van der Waals surface area contributed by atoms with Crippen molar-refractivity contribution in [3.63, 3.8) is 0 Å². The Hall–Kier alpha value is -2.66. The molecule has 0 saturated carbocycles. The van der Waals surface area contributed by atoms with Crippen LogP contribution in [0.1, 0.15) is 56.2 Å². The van der Waals surface area contributed by atoms with Crippen molar-refractivity contribution in [2.24, 2.45) is 0 Å². The first-order valence-electron chi connectivity index (χ1n) is 12.1. The minimum Gasteiger partial charge on any atom is -0.371 e. The van der Waals surface area contributed by atoms with Crippen molar-refractivity contribution in [1.82, 2.24) is 10.2 Å². The van der Waals surface area contributed by atoms with E-state index in [0.717, 1.165) is 49.9 Å². The number of likely N-dealkylation sites (tertiary alicyclic amines) is 1. The number of anilines is 1. The van der Waals surface area contributed by atoms with Crippen LogP contribution in [0.15, 0.2) is 48.5 Å². The molecular weight excluding hydrogens is 410 g/mol. The summed E-state index contributed by atoms with van der Waals surface area (Å²) in [5.41, 5.74) is 4.24.